The summed E-state index contributed by atoms with van der Waals surface area (Å²) >= 11 is 6.13. The molecule has 4 nitrogen and oxygen atoms in total. The number of carbonyl (C=O) groups excluding carboxylic acids is 1. The minimum Gasteiger partial charge on any atom is -0.354 e. The normalized spacial score (nSPS) is 10.4. The molecule has 2 aromatic carbocycles. The molecule has 3 rings (SSSR count). The number of para-hydroxylation sites is 1. The Labute approximate surface area is 158 Å². The molecule has 0 aliphatic carbocycles. The van der Waals surface area contributed by atoms with Gasteiger partial charge in [0.2, 0.25) is 0 Å². The Kier molecular flexibility index (Phi) is 5.54. The van der Waals surface area contributed by atoms with Crippen molar-refractivity contribution in [3.05, 3.63) is 88.2 Å². The lowest BCUT2D eigenvalue weighted by Crippen LogP contribution is -2.23. The van der Waals surface area contributed by atoms with Crippen LogP contribution in [0.3, 0.4) is 0 Å². The van der Waals surface area contributed by atoms with Crippen LogP contribution in [0, 0.1) is 13.8 Å². The number of benzene rings is 2. The first kappa shape index (κ1) is 18.0. The molecule has 1 amide bonds. The van der Waals surface area contributed by atoms with Crippen LogP contribution < -0.4 is 10.6 Å². The number of hydrogen-bond acceptors (Lipinski definition) is 3. The van der Waals surface area contributed by atoms with Crippen LogP contribution in [0.25, 0.3) is 0 Å². The van der Waals surface area contributed by atoms with Gasteiger partial charge in [0.05, 0.1) is 17.4 Å². The molecule has 3 aromatic rings. The lowest BCUT2D eigenvalue weighted by atomic mass is 10.1. The second-order valence-electron chi connectivity index (χ2n) is 6.13. The van der Waals surface area contributed by atoms with Gasteiger partial charge < -0.3 is 10.6 Å². The summed E-state index contributed by atoms with van der Waals surface area (Å²) in [6.07, 6.45) is 3.26. The van der Waals surface area contributed by atoms with E-state index in [0.717, 1.165) is 28.1 Å². The molecule has 0 atom stereocenters. The Morgan fingerprint density at radius 3 is 2.50 bits per heavy atom. The molecule has 132 valence electrons. The van der Waals surface area contributed by atoms with E-state index in [9.17, 15) is 4.79 Å². The molecule has 26 heavy (non-hydrogen) atoms. The van der Waals surface area contributed by atoms with Gasteiger partial charge in [0.25, 0.3) is 5.91 Å². The molecule has 0 radical (unpaired) electrons. The number of pyridine rings is 1. The predicted octanol–water partition coefficient (Wildman–Crippen LogP) is 5.03. The highest BCUT2D eigenvalue weighted by Crippen LogP contribution is 2.24. The lowest BCUT2D eigenvalue weighted by Gasteiger charge is -2.13. The van der Waals surface area contributed by atoms with Gasteiger partial charge in [0.15, 0.2) is 0 Å². The van der Waals surface area contributed by atoms with Crippen LogP contribution in [0.15, 0.2) is 60.9 Å². The Hall–Kier alpha value is -2.85. The van der Waals surface area contributed by atoms with Gasteiger partial charge in [0.1, 0.15) is 0 Å². The Morgan fingerprint density at radius 2 is 1.77 bits per heavy atom. The molecule has 0 fully saturated rings. The minimum absolute atomic E-state index is 0.192. The minimum atomic E-state index is -0.192. The summed E-state index contributed by atoms with van der Waals surface area (Å²) in [5, 5.41) is 6.87. The number of hydrogen-bond donors (Lipinski definition) is 2. The molecule has 5 heteroatoms. The maximum absolute atomic E-state index is 12.4. The van der Waals surface area contributed by atoms with Crippen molar-refractivity contribution in [3.8, 4) is 0 Å². The number of nitrogens with one attached hydrogen (secondary N) is 2. The fourth-order valence-electron chi connectivity index (χ4n) is 2.71. The Morgan fingerprint density at radius 1 is 1.04 bits per heavy atom. The fourth-order valence-corrected chi connectivity index (χ4v) is 2.91. The van der Waals surface area contributed by atoms with Crippen LogP contribution in [0.4, 0.5) is 11.4 Å². The first-order valence-corrected chi connectivity index (χ1v) is 8.72. The van der Waals surface area contributed by atoms with E-state index in [4.69, 9.17) is 11.6 Å². The van der Waals surface area contributed by atoms with Crippen LogP contribution in [-0.2, 0) is 6.54 Å². The van der Waals surface area contributed by atoms with Gasteiger partial charge in [-0.05, 0) is 42.7 Å². The number of nitrogens with zero attached hydrogens (tertiary/aromatic N) is 1. The molecule has 2 N–H and O–H groups in total. The van der Waals surface area contributed by atoms with E-state index in [1.54, 1.807) is 24.5 Å². The van der Waals surface area contributed by atoms with Crippen LogP contribution in [0.5, 0.6) is 0 Å². The fraction of sp³-hybridized carbons (Fsp3) is 0.143. The van der Waals surface area contributed by atoms with E-state index in [-0.39, 0.29) is 5.91 Å². The maximum atomic E-state index is 12.4. The lowest BCUT2D eigenvalue weighted by molar-refractivity contribution is 0.0950. The van der Waals surface area contributed by atoms with Crippen molar-refractivity contribution >= 4 is 28.9 Å². The van der Waals surface area contributed by atoms with Gasteiger partial charge >= 0.3 is 0 Å². The zero-order valence-corrected chi connectivity index (χ0v) is 15.5. The zero-order chi connectivity index (χ0) is 18.5. The first-order valence-electron chi connectivity index (χ1n) is 8.34. The molecule has 0 spiro atoms. The van der Waals surface area contributed by atoms with Crippen LogP contribution in [0.1, 0.15) is 27.0 Å². The molecular formula is C21H20ClN3O. The number of halogens is 1. The summed E-state index contributed by atoms with van der Waals surface area (Å²) in [4.78, 5) is 16.6. The average molecular weight is 366 g/mol. The molecule has 0 saturated heterocycles. The molecule has 0 aliphatic heterocycles. The molecule has 0 aliphatic rings. The highest BCUT2D eigenvalue weighted by Gasteiger charge is 2.09. The molecule has 1 heterocycles. The summed E-state index contributed by atoms with van der Waals surface area (Å²) in [5.74, 6) is -0.192. The van der Waals surface area contributed by atoms with Crippen LogP contribution in [0.2, 0.25) is 5.02 Å². The third-order valence-corrected chi connectivity index (χ3v) is 4.52. The van der Waals surface area contributed by atoms with Crippen molar-refractivity contribution in [1.29, 1.82) is 0 Å². The number of anilines is 2. The zero-order valence-electron chi connectivity index (χ0n) is 14.7. The average Bonchev–Trinajstić information content (AvgIpc) is 2.64. The van der Waals surface area contributed by atoms with Gasteiger partial charge in [-0.2, -0.15) is 0 Å². The summed E-state index contributed by atoms with van der Waals surface area (Å²) in [7, 11) is 0. The third-order valence-electron chi connectivity index (χ3n) is 4.15. The monoisotopic (exact) mass is 365 g/mol. The first-order chi connectivity index (χ1) is 12.5. The van der Waals surface area contributed by atoms with Crippen LogP contribution >= 0.6 is 11.6 Å². The standard InChI is InChI=1S/C21H20ClN3O/c1-14-6-5-7-15(2)20(14)25-18-10-17(11-23-13-18)21(26)24-12-16-8-3-4-9-19(16)22/h3-11,13,25H,12H2,1-2H3,(H,24,26). The maximum Gasteiger partial charge on any atom is 0.253 e. The second-order valence-corrected chi connectivity index (χ2v) is 6.54. The number of amides is 1. The van der Waals surface area contributed by atoms with E-state index in [0.29, 0.717) is 17.1 Å². The number of aryl methyl sites for hydroxylation is 2. The predicted molar refractivity (Wildman–Crippen MR) is 106 cm³/mol. The van der Waals surface area contributed by atoms with Crippen molar-refractivity contribution in [1.82, 2.24) is 10.3 Å². The van der Waals surface area contributed by atoms with Gasteiger partial charge in [-0.3, -0.25) is 9.78 Å². The summed E-state index contributed by atoms with van der Waals surface area (Å²) in [6, 6.07) is 15.4. The largest absolute Gasteiger partial charge is 0.354 e. The smallest absolute Gasteiger partial charge is 0.253 e. The molecule has 0 saturated carbocycles. The van der Waals surface area contributed by atoms with E-state index < -0.39 is 0 Å². The highest BCUT2D eigenvalue weighted by atomic mass is 35.5. The van der Waals surface area contributed by atoms with Gasteiger partial charge in [0, 0.05) is 23.5 Å². The van der Waals surface area contributed by atoms with Gasteiger partial charge in [-0.25, -0.2) is 0 Å². The van der Waals surface area contributed by atoms with Crippen molar-refractivity contribution in [3.63, 3.8) is 0 Å². The van der Waals surface area contributed by atoms with E-state index in [1.165, 1.54) is 0 Å². The Bertz CT molecular complexity index is 920. The molecule has 0 bridgehead atoms. The summed E-state index contributed by atoms with van der Waals surface area (Å²) < 4.78 is 0. The third kappa shape index (κ3) is 4.21. The number of aromatic nitrogens is 1. The summed E-state index contributed by atoms with van der Waals surface area (Å²) in [6.45, 7) is 4.46. The van der Waals surface area contributed by atoms with Crippen molar-refractivity contribution in [2.75, 3.05) is 5.32 Å². The SMILES string of the molecule is Cc1cccc(C)c1Nc1cncc(C(=O)NCc2ccccc2Cl)c1. The van der Waals surface area contributed by atoms with Crippen molar-refractivity contribution in [2.24, 2.45) is 0 Å². The number of carbonyl (C=O) groups is 1. The van der Waals surface area contributed by atoms with E-state index in [1.807, 2.05) is 50.2 Å². The van der Waals surface area contributed by atoms with Gasteiger partial charge in [-0.15, -0.1) is 0 Å². The van der Waals surface area contributed by atoms with Crippen LogP contribution in [-0.4, -0.2) is 10.9 Å². The molecule has 1 aromatic heterocycles. The van der Waals surface area contributed by atoms with Crippen molar-refractivity contribution < 1.29 is 4.79 Å². The second kappa shape index (κ2) is 8.02. The van der Waals surface area contributed by atoms with Crippen molar-refractivity contribution in [2.45, 2.75) is 20.4 Å². The quantitative estimate of drug-likeness (QED) is 0.667. The highest BCUT2D eigenvalue weighted by molar-refractivity contribution is 6.31. The van der Waals surface area contributed by atoms with E-state index >= 15 is 0 Å². The van der Waals surface area contributed by atoms with E-state index in [2.05, 4.69) is 15.6 Å². The summed E-state index contributed by atoms with van der Waals surface area (Å²) in [5.41, 5.74) is 5.45. The topological polar surface area (TPSA) is 54.0 Å². The molecular weight excluding hydrogens is 346 g/mol. The Balaban J connectivity index is 1.72. The van der Waals surface area contributed by atoms with Gasteiger partial charge in [-0.1, -0.05) is 48.0 Å². The number of rotatable bonds is 5. The molecule has 0 unspecified atom stereocenters.